The molecular weight excluding hydrogens is 464 g/mol. The van der Waals surface area contributed by atoms with Gasteiger partial charge < -0.3 is 20.3 Å². The van der Waals surface area contributed by atoms with Gasteiger partial charge in [0.2, 0.25) is 5.91 Å². The SMILES string of the molecule is O=C(Cc1cc(F)cc(F)c1)Nc1ccc(NCc2ccc(OC(F)F)cc2)nc1N1CCCC1. The van der Waals surface area contributed by atoms with Gasteiger partial charge in [0.15, 0.2) is 5.82 Å². The standard InChI is InChI=1S/C25H24F4N4O2/c26-18-11-17(12-19(27)14-18)13-23(34)31-21-7-8-22(32-24(21)33-9-1-2-10-33)30-15-16-3-5-20(6-4-16)35-25(28)29/h3-8,11-12,14,25H,1-2,9-10,13,15H2,(H,30,32)(H,31,34). The average Bonchev–Trinajstić information content (AvgIpc) is 3.33. The zero-order chi connectivity index (χ0) is 24.8. The van der Waals surface area contributed by atoms with Crippen LogP contribution in [0.5, 0.6) is 5.75 Å². The molecule has 0 aliphatic carbocycles. The first kappa shape index (κ1) is 24.3. The first-order valence-electron chi connectivity index (χ1n) is 11.1. The molecule has 0 saturated carbocycles. The molecule has 35 heavy (non-hydrogen) atoms. The minimum Gasteiger partial charge on any atom is -0.435 e. The van der Waals surface area contributed by atoms with Crippen LogP contribution in [0.3, 0.4) is 0 Å². The minimum atomic E-state index is -2.87. The van der Waals surface area contributed by atoms with E-state index < -0.39 is 24.2 Å². The van der Waals surface area contributed by atoms with Gasteiger partial charge in [0, 0.05) is 25.7 Å². The van der Waals surface area contributed by atoms with Crippen molar-refractivity contribution < 1.29 is 27.1 Å². The van der Waals surface area contributed by atoms with E-state index in [0.29, 0.717) is 23.9 Å². The van der Waals surface area contributed by atoms with Crippen molar-refractivity contribution in [2.24, 2.45) is 0 Å². The Morgan fingerprint density at radius 1 is 0.971 bits per heavy atom. The number of hydrogen-bond acceptors (Lipinski definition) is 5. The lowest BCUT2D eigenvalue weighted by molar-refractivity contribution is -0.115. The van der Waals surface area contributed by atoms with Gasteiger partial charge in [-0.3, -0.25) is 4.79 Å². The number of halogens is 4. The van der Waals surface area contributed by atoms with Gasteiger partial charge >= 0.3 is 6.61 Å². The Balaban J connectivity index is 1.45. The number of nitrogens with zero attached hydrogens (tertiary/aromatic N) is 2. The summed E-state index contributed by atoms with van der Waals surface area (Å²) >= 11 is 0. The van der Waals surface area contributed by atoms with Gasteiger partial charge in [-0.15, -0.1) is 0 Å². The lowest BCUT2D eigenvalue weighted by atomic mass is 10.1. The fraction of sp³-hybridized carbons (Fsp3) is 0.280. The van der Waals surface area contributed by atoms with E-state index in [0.717, 1.165) is 49.7 Å². The molecule has 10 heteroatoms. The molecule has 0 spiro atoms. The zero-order valence-corrected chi connectivity index (χ0v) is 18.7. The van der Waals surface area contributed by atoms with Crippen molar-refractivity contribution in [3.05, 3.63) is 77.4 Å². The van der Waals surface area contributed by atoms with E-state index in [4.69, 9.17) is 0 Å². The number of hydrogen-bond donors (Lipinski definition) is 2. The van der Waals surface area contributed by atoms with Crippen molar-refractivity contribution in [3.63, 3.8) is 0 Å². The van der Waals surface area contributed by atoms with Crippen molar-refractivity contribution >= 4 is 23.2 Å². The molecule has 1 amide bonds. The molecule has 1 fully saturated rings. The van der Waals surface area contributed by atoms with E-state index in [-0.39, 0.29) is 17.7 Å². The Morgan fingerprint density at radius 2 is 1.66 bits per heavy atom. The first-order chi connectivity index (χ1) is 16.9. The van der Waals surface area contributed by atoms with Crippen LogP contribution in [-0.2, 0) is 17.8 Å². The predicted molar refractivity (Wildman–Crippen MR) is 125 cm³/mol. The van der Waals surface area contributed by atoms with Gasteiger partial charge in [-0.25, -0.2) is 13.8 Å². The van der Waals surface area contributed by atoms with Crippen LogP contribution in [0.2, 0.25) is 0 Å². The number of anilines is 3. The van der Waals surface area contributed by atoms with Gasteiger partial charge in [0.25, 0.3) is 0 Å². The molecule has 2 aromatic carbocycles. The molecule has 1 aromatic heterocycles. The molecule has 1 aliphatic heterocycles. The second kappa shape index (κ2) is 11.1. The Bertz CT molecular complexity index is 1150. The molecular formula is C25H24F4N4O2. The highest BCUT2D eigenvalue weighted by Gasteiger charge is 2.19. The highest BCUT2D eigenvalue weighted by atomic mass is 19.3. The number of pyridine rings is 1. The lowest BCUT2D eigenvalue weighted by Crippen LogP contribution is -2.23. The summed E-state index contributed by atoms with van der Waals surface area (Å²) in [7, 11) is 0. The smallest absolute Gasteiger partial charge is 0.387 e. The summed E-state index contributed by atoms with van der Waals surface area (Å²) in [6, 6.07) is 12.7. The van der Waals surface area contributed by atoms with E-state index in [1.165, 1.54) is 12.1 Å². The van der Waals surface area contributed by atoms with Gasteiger partial charge in [-0.2, -0.15) is 8.78 Å². The molecule has 0 unspecified atom stereocenters. The summed E-state index contributed by atoms with van der Waals surface area (Å²) in [5.41, 5.74) is 1.59. The maximum absolute atomic E-state index is 13.5. The molecule has 4 rings (SSSR count). The van der Waals surface area contributed by atoms with Crippen molar-refractivity contribution in [1.82, 2.24) is 4.98 Å². The number of ether oxygens (including phenoxy) is 1. The molecule has 3 aromatic rings. The third-order valence-corrected chi connectivity index (χ3v) is 5.46. The summed E-state index contributed by atoms with van der Waals surface area (Å²) in [5, 5.41) is 6.00. The Labute approximate surface area is 199 Å². The number of benzene rings is 2. The molecule has 2 N–H and O–H groups in total. The number of alkyl halides is 2. The molecule has 1 aliphatic rings. The van der Waals surface area contributed by atoms with E-state index >= 15 is 0 Å². The van der Waals surface area contributed by atoms with Crippen molar-refractivity contribution in [2.45, 2.75) is 32.4 Å². The van der Waals surface area contributed by atoms with E-state index in [1.807, 2.05) is 0 Å². The fourth-order valence-electron chi connectivity index (χ4n) is 3.89. The quantitative estimate of drug-likeness (QED) is 0.398. The molecule has 1 saturated heterocycles. The van der Waals surface area contributed by atoms with Crippen LogP contribution in [0, 0.1) is 11.6 Å². The van der Waals surface area contributed by atoms with Crippen LogP contribution in [-0.4, -0.2) is 30.6 Å². The molecule has 2 heterocycles. The maximum Gasteiger partial charge on any atom is 0.387 e. The minimum absolute atomic E-state index is 0.0827. The summed E-state index contributed by atoms with van der Waals surface area (Å²) in [6.45, 7) is -0.889. The van der Waals surface area contributed by atoms with Gasteiger partial charge in [0.05, 0.1) is 12.1 Å². The third-order valence-electron chi connectivity index (χ3n) is 5.46. The summed E-state index contributed by atoms with van der Waals surface area (Å²) in [5.74, 6) is -0.627. The Kier molecular flexibility index (Phi) is 7.69. The first-order valence-corrected chi connectivity index (χ1v) is 11.1. The second-order valence-electron chi connectivity index (χ2n) is 8.14. The van der Waals surface area contributed by atoms with Crippen LogP contribution in [0.25, 0.3) is 0 Å². The Morgan fingerprint density at radius 3 is 2.31 bits per heavy atom. The topological polar surface area (TPSA) is 66.5 Å². The monoisotopic (exact) mass is 488 g/mol. The van der Waals surface area contributed by atoms with Crippen molar-refractivity contribution in [1.29, 1.82) is 0 Å². The number of carbonyl (C=O) groups excluding carboxylic acids is 1. The van der Waals surface area contributed by atoms with Crippen molar-refractivity contribution in [3.8, 4) is 5.75 Å². The Hall–Kier alpha value is -3.82. The van der Waals surface area contributed by atoms with Crippen LogP contribution in [0.1, 0.15) is 24.0 Å². The van der Waals surface area contributed by atoms with Crippen LogP contribution in [0.4, 0.5) is 34.9 Å². The third kappa shape index (κ3) is 6.84. The van der Waals surface area contributed by atoms with Crippen LogP contribution in [0.15, 0.2) is 54.6 Å². The number of carbonyl (C=O) groups is 1. The van der Waals surface area contributed by atoms with Gasteiger partial charge in [-0.1, -0.05) is 12.1 Å². The second-order valence-corrected chi connectivity index (χ2v) is 8.14. The van der Waals surface area contributed by atoms with E-state index in [9.17, 15) is 22.4 Å². The number of amides is 1. The van der Waals surface area contributed by atoms with E-state index in [2.05, 4.69) is 25.3 Å². The number of rotatable bonds is 9. The summed E-state index contributed by atoms with van der Waals surface area (Å²) < 4.78 is 55.9. The van der Waals surface area contributed by atoms with E-state index in [1.54, 1.807) is 24.3 Å². The molecule has 0 atom stereocenters. The normalized spacial score (nSPS) is 13.2. The summed E-state index contributed by atoms with van der Waals surface area (Å²) in [6.07, 6.45) is 1.82. The lowest BCUT2D eigenvalue weighted by Gasteiger charge is -2.21. The molecule has 0 radical (unpaired) electrons. The largest absolute Gasteiger partial charge is 0.435 e. The van der Waals surface area contributed by atoms with Crippen molar-refractivity contribution in [2.75, 3.05) is 28.6 Å². The van der Waals surface area contributed by atoms with Gasteiger partial charge in [0.1, 0.15) is 23.2 Å². The average molecular weight is 488 g/mol. The zero-order valence-electron chi connectivity index (χ0n) is 18.7. The highest BCUT2D eigenvalue weighted by Crippen LogP contribution is 2.29. The predicted octanol–water partition coefficient (Wildman–Crippen LogP) is 5.35. The number of aromatic nitrogens is 1. The maximum atomic E-state index is 13.5. The van der Waals surface area contributed by atoms with Crippen LogP contribution >= 0.6 is 0 Å². The van der Waals surface area contributed by atoms with Gasteiger partial charge in [-0.05, 0) is 60.4 Å². The summed E-state index contributed by atoms with van der Waals surface area (Å²) in [4.78, 5) is 19.3. The molecule has 0 bridgehead atoms. The highest BCUT2D eigenvalue weighted by molar-refractivity contribution is 5.95. The number of nitrogens with one attached hydrogen (secondary N) is 2. The molecule has 184 valence electrons. The van der Waals surface area contributed by atoms with Crippen LogP contribution < -0.4 is 20.3 Å². The fourth-order valence-corrected chi connectivity index (χ4v) is 3.89. The molecule has 6 nitrogen and oxygen atoms in total.